The Morgan fingerprint density at radius 3 is 2.88 bits per heavy atom. The lowest BCUT2D eigenvalue weighted by molar-refractivity contribution is -0.127. The van der Waals surface area contributed by atoms with E-state index in [2.05, 4.69) is 4.98 Å². The van der Waals surface area contributed by atoms with Crippen molar-refractivity contribution in [3.05, 3.63) is 42.2 Å². The Morgan fingerprint density at radius 2 is 2.12 bits per heavy atom. The Labute approximate surface area is 155 Å². The number of hydrogen-bond donors (Lipinski definition) is 0. The van der Waals surface area contributed by atoms with Crippen molar-refractivity contribution in [3.63, 3.8) is 0 Å². The van der Waals surface area contributed by atoms with Crippen molar-refractivity contribution in [1.82, 2.24) is 14.5 Å². The molecule has 0 N–H and O–H groups in total. The second kappa shape index (κ2) is 6.60. The quantitative estimate of drug-likeness (QED) is 0.769. The molecule has 1 saturated heterocycles. The van der Waals surface area contributed by atoms with Crippen LogP contribution in [0.1, 0.15) is 23.2 Å². The second-order valence-electron chi connectivity index (χ2n) is 6.35. The van der Waals surface area contributed by atoms with Gasteiger partial charge >= 0.3 is 0 Å². The molecule has 1 atom stereocenters. The molecule has 0 unspecified atom stereocenters. The summed E-state index contributed by atoms with van der Waals surface area (Å²) >= 11 is 1.27. The summed E-state index contributed by atoms with van der Waals surface area (Å²) < 4.78 is 1.82. The van der Waals surface area contributed by atoms with E-state index in [-0.39, 0.29) is 23.5 Å². The van der Waals surface area contributed by atoms with Crippen molar-refractivity contribution in [2.45, 2.75) is 24.0 Å². The summed E-state index contributed by atoms with van der Waals surface area (Å²) in [5.74, 6) is -0.752. The molecule has 1 aromatic carbocycles. The van der Waals surface area contributed by atoms with Crippen LogP contribution in [0.4, 0.5) is 5.69 Å². The second-order valence-corrected chi connectivity index (χ2v) is 7.29. The van der Waals surface area contributed by atoms with Crippen LogP contribution >= 0.6 is 11.8 Å². The number of thioether (sulfide) groups is 1. The highest BCUT2D eigenvalue weighted by Crippen LogP contribution is 2.33. The minimum Gasteiger partial charge on any atom is -0.329 e. The molecule has 2 aliphatic heterocycles. The molecule has 2 aliphatic rings. The lowest BCUT2D eigenvalue weighted by Gasteiger charge is -2.24. The molecule has 8 heteroatoms. The fourth-order valence-electron chi connectivity index (χ4n) is 3.48. The van der Waals surface area contributed by atoms with E-state index in [1.807, 2.05) is 11.6 Å². The number of amides is 3. The van der Waals surface area contributed by atoms with Crippen molar-refractivity contribution in [3.8, 4) is 0 Å². The van der Waals surface area contributed by atoms with Gasteiger partial charge in [0.2, 0.25) is 5.91 Å². The number of rotatable bonds is 3. The average molecular weight is 370 g/mol. The minimum atomic E-state index is -0.558. The largest absolute Gasteiger partial charge is 0.329 e. The summed E-state index contributed by atoms with van der Waals surface area (Å²) in [6.45, 7) is 0.549. The van der Waals surface area contributed by atoms with E-state index < -0.39 is 6.04 Å². The van der Waals surface area contributed by atoms with Gasteiger partial charge in [0, 0.05) is 26.0 Å². The lowest BCUT2D eigenvalue weighted by atomic mass is 10.1. The zero-order valence-electron chi connectivity index (χ0n) is 14.3. The number of imidazole rings is 1. The van der Waals surface area contributed by atoms with Gasteiger partial charge in [0.15, 0.2) is 5.16 Å². The van der Waals surface area contributed by atoms with Gasteiger partial charge in [0.1, 0.15) is 6.04 Å². The normalized spacial score (nSPS) is 19.3. The molecule has 1 fully saturated rings. The van der Waals surface area contributed by atoms with Crippen molar-refractivity contribution < 1.29 is 14.4 Å². The number of carbonyl (C=O) groups excluding carboxylic acids is 3. The van der Waals surface area contributed by atoms with Gasteiger partial charge in [-0.15, -0.1) is 0 Å². The first-order valence-electron chi connectivity index (χ1n) is 8.45. The van der Waals surface area contributed by atoms with Crippen LogP contribution in [0, 0.1) is 0 Å². The van der Waals surface area contributed by atoms with Crippen molar-refractivity contribution in [2.24, 2.45) is 7.05 Å². The molecule has 0 radical (unpaired) electrons. The predicted molar refractivity (Wildman–Crippen MR) is 96.9 cm³/mol. The third kappa shape index (κ3) is 2.70. The number of imide groups is 1. The summed E-state index contributed by atoms with van der Waals surface area (Å²) in [6, 6.07) is 6.27. The van der Waals surface area contributed by atoms with Gasteiger partial charge in [-0.05, 0) is 25.0 Å². The molecular formula is C18H18N4O3S. The first-order chi connectivity index (χ1) is 12.6. The maximum atomic E-state index is 13.1. The van der Waals surface area contributed by atoms with E-state index >= 15 is 0 Å². The highest BCUT2D eigenvalue weighted by Gasteiger charge is 2.43. The standard InChI is InChI=1S/C18H18N4O3S/c1-20-10-8-19-18(20)26-11-15(23)22-13-6-3-2-5-12(13)16(24)21-9-4-7-14(21)17(22)25/h2-3,5-6,8,10,14H,4,7,9,11H2,1H3/t14-/m0/s1. The van der Waals surface area contributed by atoms with Crippen LogP contribution in [0.2, 0.25) is 0 Å². The molecule has 0 spiro atoms. The molecule has 2 aromatic rings. The van der Waals surface area contributed by atoms with Gasteiger partial charge < -0.3 is 9.47 Å². The smallest absolute Gasteiger partial charge is 0.256 e. The third-order valence-electron chi connectivity index (χ3n) is 4.75. The number of benzene rings is 1. The lowest BCUT2D eigenvalue weighted by Crippen LogP contribution is -2.47. The summed E-state index contributed by atoms with van der Waals surface area (Å²) in [7, 11) is 1.85. The highest BCUT2D eigenvalue weighted by molar-refractivity contribution is 7.99. The molecule has 3 amide bonds. The van der Waals surface area contributed by atoms with Crippen LogP contribution in [0.5, 0.6) is 0 Å². The van der Waals surface area contributed by atoms with Crippen molar-refractivity contribution in [1.29, 1.82) is 0 Å². The molecular weight excluding hydrogens is 352 g/mol. The molecule has 1 aromatic heterocycles. The molecule has 134 valence electrons. The van der Waals surface area contributed by atoms with Crippen LogP contribution in [-0.4, -0.2) is 50.5 Å². The number of anilines is 1. The van der Waals surface area contributed by atoms with Crippen LogP contribution in [0.15, 0.2) is 41.8 Å². The number of aromatic nitrogens is 2. The van der Waals surface area contributed by atoms with Gasteiger partial charge in [0.25, 0.3) is 11.8 Å². The average Bonchev–Trinajstić information content (AvgIpc) is 3.27. The molecule has 0 aliphatic carbocycles. The Kier molecular flexibility index (Phi) is 4.28. The van der Waals surface area contributed by atoms with Gasteiger partial charge in [-0.3, -0.25) is 14.4 Å². The maximum absolute atomic E-state index is 13.1. The first kappa shape index (κ1) is 16.8. The molecule has 4 rings (SSSR count). The fourth-order valence-corrected chi connectivity index (χ4v) is 4.26. The fraction of sp³-hybridized carbons (Fsp3) is 0.333. The SMILES string of the molecule is Cn1ccnc1SCC(=O)N1C(=O)[C@@H]2CCCN2C(=O)c2ccccc21. The van der Waals surface area contributed by atoms with Crippen molar-refractivity contribution in [2.75, 3.05) is 17.2 Å². The topological polar surface area (TPSA) is 75.5 Å². The number of aryl methyl sites for hydroxylation is 1. The van der Waals surface area contributed by atoms with Gasteiger partial charge in [0.05, 0.1) is 17.0 Å². The summed E-state index contributed by atoms with van der Waals surface area (Å²) in [6.07, 6.45) is 4.83. The number of carbonyl (C=O) groups is 3. The zero-order valence-corrected chi connectivity index (χ0v) is 15.1. The van der Waals surface area contributed by atoms with E-state index in [1.54, 1.807) is 41.6 Å². The van der Waals surface area contributed by atoms with Crippen LogP contribution in [0.25, 0.3) is 0 Å². The Hall–Kier alpha value is -2.61. The monoisotopic (exact) mass is 370 g/mol. The van der Waals surface area contributed by atoms with Crippen molar-refractivity contribution >= 4 is 35.2 Å². The highest BCUT2D eigenvalue weighted by atomic mass is 32.2. The number of para-hydroxylation sites is 1. The molecule has 3 heterocycles. The Bertz CT molecular complexity index is 894. The first-order valence-corrected chi connectivity index (χ1v) is 9.43. The van der Waals surface area contributed by atoms with Crippen LogP contribution < -0.4 is 4.90 Å². The van der Waals surface area contributed by atoms with E-state index in [9.17, 15) is 14.4 Å². The van der Waals surface area contributed by atoms with E-state index in [0.717, 1.165) is 6.42 Å². The molecule has 0 bridgehead atoms. The number of hydrogen-bond acceptors (Lipinski definition) is 5. The van der Waals surface area contributed by atoms with Gasteiger partial charge in [-0.25, -0.2) is 9.88 Å². The summed E-state index contributed by atoms with van der Waals surface area (Å²) in [4.78, 5) is 45.8. The summed E-state index contributed by atoms with van der Waals surface area (Å²) in [5.41, 5.74) is 0.780. The Balaban J connectivity index is 1.67. The summed E-state index contributed by atoms with van der Waals surface area (Å²) in [5, 5.41) is 0.701. The van der Waals surface area contributed by atoms with Gasteiger partial charge in [-0.1, -0.05) is 23.9 Å². The van der Waals surface area contributed by atoms with Crippen LogP contribution in [-0.2, 0) is 16.6 Å². The van der Waals surface area contributed by atoms with E-state index in [4.69, 9.17) is 0 Å². The number of nitrogens with zero attached hydrogens (tertiary/aromatic N) is 4. The van der Waals surface area contributed by atoms with E-state index in [1.165, 1.54) is 16.7 Å². The minimum absolute atomic E-state index is 0.0752. The molecule has 0 saturated carbocycles. The molecule has 26 heavy (non-hydrogen) atoms. The maximum Gasteiger partial charge on any atom is 0.256 e. The molecule has 7 nitrogen and oxygen atoms in total. The predicted octanol–water partition coefficient (Wildman–Crippen LogP) is 1.69. The number of fused-ring (bicyclic) bond motifs is 2. The van der Waals surface area contributed by atoms with E-state index in [0.29, 0.717) is 29.4 Å². The third-order valence-corrected chi connectivity index (χ3v) is 5.79. The Morgan fingerprint density at radius 1 is 1.31 bits per heavy atom. The zero-order chi connectivity index (χ0) is 18.3. The van der Waals surface area contributed by atoms with Gasteiger partial charge in [-0.2, -0.15) is 0 Å². The van der Waals surface area contributed by atoms with Crippen LogP contribution in [0.3, 0.4) is 0 Å².